The third-order valence-corrected chi connectivity index (χ3v) is 7.17. The highest BCUT2D eigenvalue weighted by Crippen LogP contribution is 2.32. The van der Waals surface area contributed by atoms with Crippen LogP contribution in [0.4, 0.5) is 5.69 Å². The number of carbonyl (C=O) groups excluding carboxylic acids is 2. The van der Waals surface area contributed by atoms with E-state index in [9.17, 15) is 9.59 Å². The Morgan fingerprint density at radius 2 is 1.89 bits per heavy atom. The summed E-state index contributed by atoms with van der Waals surface area (Å²) in [4.78, 5) is 35.4. The third kappa shape index (κ3) is 5.19. The van der Waals surface area contributed by atoms with E-state index >= 15 is 0 Å². The minimum Gasteiger partial charge on any atom is -0.384 e. The number of anilines is 1. The van der Waals surface area contributed by atoms with Gasteiger partial charge in [0.15, 0.2) is 0 Å². The molecule has 1 aliphatic heterocycles. The van der Waals surface area contributed by atoms with Crippen molar-refractivity contribution in [1.82, 2.24) is 20.6 Å². The molecular formula is C28H27N5O2S. The molecule has 0 aliphatic carbocycles. The number of hydrogen-bond donors (Lipinski definition) is 3. The van der Waals surface area contributed by atoms with Crippen LogP contribution >= 0.6 is 11.3 Å². The zero-order valence-electron chi connectivity index (χ0n) is 19.9. The number of thiazole rings is 1. The Balaban J connectivity index is 1.40. The Labute approximate surface area is 214 Å². The Morgan fingerprint density at radius 1 is 1.08 bits per heavy atom. The minimum absolute atomic E-state index is 0.159. The highest BCUT2D eigenvalue weighted by Gasteiger charge is 2.29. The van der Waals surface area contributed by atoms with E-state index < -0.39 is 11.9 Å². The van der Waals surface area contributed by atoms with Crippen molar-refractivity contribution in [3.63, 3.8) is 0 Å². The number of aromatic nitrogens is 2. The van der Waals surface area contributed by atoms with Crippen LogP contribution in [-0.4, -0.2) is 34.4 Å². The van der Waals surface area contributed by atoms with Crippen LogP contribution in [0.5, 0.6) is 0 Å². The zero-order chi connectivity index (χ0) is 24.9. The van der Waals surface area contributed by atoms with Gasteiger partial charge in [0.25, 0.3) is 5.91 Å². The van der Waals surface area contributed by atoms with Gasteiger partial charge in [-0.25, -0.2) is 4.98 Å². The molecule has 5 rings (SSSR count). The lowest BCUT2D eigenvalue weighted by atomic mass is 9.92. The first-order valence-electron chi connectivity index (χ1n) is 11.9. The smallest absolute Gasteiger partial charge is 0.258 e. The van der Waals surface area contributed by atoms with Crippen LogP contribution < -0.4 is 16.0 Å². The highest BCUT2D eigenvalue weighted by molar-refractivity contribution is 7.07. The standard InChI is InChI=1S/C28H27N5O2S/c1-18(19-5-3-2-4-6-19)26(31-15-22-16-36-17-32-22)28(35)33-27(34)24-13-21(20-7-10-29-11-8-20)14-25-23(24)9-12-30-25/h2-8,10-11,13-14,16-18,26,30-31H,9,12,15H2,1H3,(H,33,34,35). The van der Waals surface area contributed by atoms with Crippen molar-refractivity contribution in [2.75, 3.05) is 11.9 Å². The second-order valence-corrected chi connectivity index (χ2v) is 9.54. The molecule has 0 fully saturated rings. The van der Waals surface area contributed by atoms with E-state index in [1.54, 1.807) is 17.9 Å². The second-order valence-electron chi connectivity index (χ2n) is 8.82. The maximum atomic E-state index is 13.5. The fraction of sp³-hybridized carbons (Fsp3) is 0.214. The van der Waals surface area contributed by atoms with E-state index in [1.165, 1.54) is 11.3 Å². The van der Waals surface area contributed by atoms with Crippen molar-refractivity contribution in [3.8, 4) is 11.1 Å². The molecule has 8 heteroatoms. The van der Waals surface area contributed by atoms with Crippen LogP contribution in [0.1, 0.15) is 40.0 Å². The molecule has 2 unspecified atom stereocenters. The van der Waals surface area contributed by atoms with Crippen molar-refractivity contribution >= 4 is 28.8 Å². The number of nitrogens with zero attached hydrogens (tertiary/aromatic N) is 2. The van der Waals surface area contributed by atoms with Crippen molar-refractivity contribution in [2.24, 2.45) is 0 Å². The van der Waals surface area contributed by atoms with E-state index in [-0.39, 0.29) is 11.8 Å². The van der Waals surface area contributed by atoms with Gasteiger partial charge in [0, 0.05) is 48.0 Å². The second kappa shape index (κ2) is 10.8. The molecule has 2 atom stereocenters. The van der Waals surface area contributed by atoms with Gasteiger partial charge < -0.3 is 5.32 Å². The Morgan fingerprint density at radius 3 is 2.64 bits per heavy atom. The first-order chi connectivity index (χ1) is 17.6. The fourth-order valence-corrected chi connectivity index (χ4v) is 5.14. The molecular weight excluding hydrogens is 470 g/mol. The van der Waals surface area contributed by atoms with Gasteiger partial charge in [-0.05, 0) is 52.9 Å². The van der Waals surface area contributed by atoms with Crippen LogP contribution in [0.15, 0.2) is 77.9 Å². The summed E-state index contributed by atoms with van der Waals surface area (Å²) in [6.45, 7) is 3.18. The summed E-state index contributed by atoms with van der Waals surface area (Å²) >= 11 is 1.51. The molecule has 0 radical (unpaired) electrons. The van der Waals surface area contributed by atoms with Gasteiger partial charge in [0.2, 0.25) is 5.91 Å². The molecule has 0 saturated heterocycles. The largest absolute Gasteiger partial charge is 0.384 e. The van der Waals surface area contributed by atoms with Gasteiger partial charge in [-0.3, -0.25) is 25.2 Å². The number of hydrogen-bond acceptors (Lipinski definition) is 7. The average Bonchev–Trinajstić information content (AvgIpc) is 3.61. The van der Waals surface area contributed by atoms with Gasteiger partial charge in [-0.1, -0.05) is 37.3 Å². The van der Waals surface area contributed by atoms with Gasteiger partial charge in [0.1, 0.15) is 0 Å². The summed E-state index contributed by atoms with van der Waals surface area (Å²) in [5.74, 6) is -0.912. The maximum Gasteiger partial charge on any atom is 0.258 e. The van der Waals surface area contributed by atoms with E-state index in [4.69, 9.17) is 0 Å². The third-order valence-electron chi connectivity index (χ3n) is 6.53. The predicted molar refractivity (Wildman–Crippen MR) is 142 cm³/mol. The van der Waals surface area contributed by atoms with Gasteiger partial charge in [0.05, 0.1) is 17.2 Å². The molecule has 4 aromatic rings. The molecule has 0 spiro atoms. The topological polar surface area (TPSA) is 96.0 Å². The lowest BCUT2D eigenvalue weighted by Crippen LogP contribution is -2.49. The summed E-state index contributed by atoms with van der Waals surface area (Å²) in [5.41, 5.74) is 7.88. The fourth-order valence-electron chi connectivity index (χ4n) is 4.58. The average molecular weight is 498 g/mol. The normalized spacial score (nSPS) is 13.9. The summed E-state index contributed by atoms with van der Waals surface area (Å²) in [6, 6.07) is 16.9. The number of fused-ring (bicyclic) bond motifs is 1. The number of rotatable bonds is 8. The van der Waals surface area contributed by atoms with Crippen LogP contribution in [-0.2, 0) is 17.8 Å². The summed E-state index contributed by atoms with van der Waals surface area (Å²) < 4.78 is 0. The summed E-state index contributed by atoms with van der Waals surface area (Å²) in [5, 5.41) is 11.3. The quantitative estimate of drug-likeness (QED) is 0.334. The zero-order valence-corrected chi connectivity index (χ0v) is 20.7. The van der Waals surface area contributed by atoms with Gasteiger partial charge >= 0.3 is 0 Å². The number of amides is 2. The van der Waals surface area contributed by atoms with Crippen molar-refractivity contribution in [1.29, 1.82) is 0 Å². The molecule has 2 aromatic carbocycles. The van der Waals surface area contributed by atoms with E-state index in [0.717, 1.165) is 46.6 Å². The van der Waals surface area contributed by atoms with Crippen molar-refractivity contribution in [3.05, 3.63) is 100 Å². The molecule has 0 saturated carbocycles. The van der Waals surface area contributed by atoms with E-state index in [2.05, 4.69) is 25.9 Å². The molecule has 36 heavy (non-hydrogen) atoms. The van der Waals surface area contributed by atoms with Crippen LogP contribution in [0.2, 0.25) is 0 Å². The van der Waals surface area contributed by atoms with E-state index in [0.29, 0.717) is 12.1 Å². The Bertz CT molecular complexity index is 1340. The Hall–Kier alpha value is -3.88. The molecule has 2 aromatic heterocycles. The lowest BCUT2D eigenvalue weighted by molar-refractivity contribution is -0.122. The molecule has 182 valence electrons. The monoisotopic (exact) mass is 497 g/mol. The first-order valence-corrected chi connectivity index (χ1v) is 12.9. The molecule has 3 N–H and O–H groups in total. The van der Waals surface area contributed by atoms with Gasteiger partial charge in [-0.2, -0.15) is 0 Å². The van der Waals surface area contributed by atoms with Gasteiger partial charge in [-0.15, -0.1) is 11.3 Å². The van der Waals surface area contributed by atoms with Crippen LogP contribution in [0, 0.1) is 0 Å². The van der Waals surface area contributed by atoms with Crippen LogP contribution in [0.25, 0.3) is 11.1 Å². The maximum absolute atomic E-state index is 13.5. The molecule has 1 aliphatic rings. The summed E-state index contributed by atoms with van der Waals surface area (Å²) in [7, 11) is 0. The lowest BCUT2D eigenvalue weighted by Gasteiger charge is -2.24. The molecule has 2 amide bonds. The minimum atomic E-state index is -0.618. The molecule has 3 heterocycles. The number of carbonyl (C=O) groups is 2. The highest BCUT2D eigenvalue weighted by atomic mass is 32.1. The SMILES string of the molecule is CC(c1ccccc1)C(NCc1cscn1)C(=O)NC(=O)c1cc(-c2ccncc2)cc2c1CCN2. The van der Waals surface area contributed by atoms with Crippen LogP contribution in [0.3, 0.4) is 0 Å². The number of imide groups is 1. The first kappa shape index (κ1) is 23.8. The molecule has 0 bridgehead atoms. The molecule has 7 nitrogen and oxygen atoms in total. The van der Waals surface area contributed by atoms with Crippen molar-refractivity contribution < 1.29 is 9.59 Å². The number of benzene rings is 2. The summed E-state index contributed by atoms with van der Waals surface area (Å²) in [6.07, 6.45) is 4.18. The predicted octanol–water partition coefficient (Wildman–Crippen LogP) is 4.39. The van der Waals surface area contributed by atoms with E-state index in [1.807, 2.05) is 66.9 Å². The van der Waals surface area contributed by atoms with Crippen molar-refractivity contribution in [2.45, 2.75) is 31.8 Å². The number of nitrogens with one attached hydrogen (secondary N) is 3. The Kier molecular flexibility index (Phi) is 7.16. The number of pyridine rings is 1.